The first kappa shape index (κ1) is 21.3. The predicted molar refractivity (Wildman–Crippen MR) is 121 cm³/mol. The van der Waals surface area contributed by atoms with Crippen molar-refractivity contribution in [1.82, 2.24) is 4.83 Å². The zero-order valence-electron chi connectivity index (χ0n) is 16.9. The van der Waals surface area contributed by atoms with E-state index >= 15 is 0 Å². The van der Waals surface area contributed by atoms with Gasteiger partial charge in [-0.15, -0.1) is 0 Å². The highest BCUT2D eigenvalue weighted by molar-refractivity contribution is 7.89. The molecule has 0 saturated carbocycles. The summed E-state index contributed by atoms with van der Waals surface area (Å²) in [5.74, 6) is 0.721. The molecule has 0 unspecified atom stereocenters. The number of rotatable bonds is 8. The molecule has 0 atom stereocenters. The van der Waals surface area contributed by atoms with E-state index in [1.807, 2.05) is 73.7 Å². The van der Waals surface area contributed by atoms with Gasteiger partial charge in [0.1, 0.15) is 5.75 Å². The minimum atomic E-state index is -3.76. The molecule has 30 heavy (non-hydrogen) atoms. The van der Waals surface area contributed by atoms with Crippen LogP contribution in [-0.4, -0.2) is 21.2 Å². The van der Waals surface area contributed by atoms with Crippen LogP contribution in [0.25, 0.3) is 6.08 Å². The second kappa shape index (κ2) is 9.89. The third kappa shape index (κ3) is 5.81. The summed E-state index contributed by atoms with van der Waals surface area (Å²) in [6, 6.07) is 23.9. The van der Waals surface area contributed by atoms with Crippen LogP contribution in [0.3, 0.4) is 0 Å². The van der Waals surface area contributed by atoms with Gasteiger partial charge in [0.2, 0.25) is 0 Å². The van der Waals surface area contributed by atoms with E-state index < -0.39 is 10.0 Å². The summed E-state index contributed by atoms with van der Waals surface area (Å²) in [7, 11) is -2.16. The summed E-state index contributed by atoms with van der Waals surface area (Å²) < 4.78 is 30.4. The maximum Gasteiger partial charge on any atom is 0.276 e. The first-order valence-electron chi connectivity index (χ1n) is 9.49. The summed E-state index contributed by atoms with van der Waals surface area (Å²) >= 11 is 0. The number of sulfonamides is 1. The van der Waals surface area contributed by atoms with Crippen LogP contribution in [0.5, 0.6) is 5.75 Å². The normalized spacial score (nSPS) is 12.1. The molecular formula is C24H24N2O3S. The highest BCUT2D eigenvalue weighted by Gasteiger charge is 2.13. The maximum atomic E-state index is 12.6. The fourth-order valence-corrected chi connectivity index (χ4v) is 3.60. The van der Waals surface area contributed by atoms with Gasteiger partial charge in [-0.1, -0.05) is 60.2 Å². The first-order valence-corrected chi connectivity index (χ1v) is 11.0. The molecule has 1 N–H and O–H groups in total. The van der Waals surface area contributed by atoms with Crippen molar-refractivity contribution in [3.63, 3.8) is 0 Å². The lowest BCUT2D eigenvalue weighted by Gasteiger charge is -2.08. The highest BCUT2D eigenvalue weighted by Crippen LogP contribution is 2.15. The van der Waals surface area contributed by atoms with Gasteiger partial charge in [-0.3, -0.25) is 0 Å². The van der Waals surface area contributed by atoms with Gasteiger partial charge in [0.05, 0.1) is 17.7 Å². The van der Waals surface area contributed by atoms with E-state index in [-0.39, 0.29) is 4.90 Å². The summed E-state index contributed by atoms with van der Waals surface area (Å²) in [5.41, 5.74) is 3.45. The maximum absolute atomic E-state index is 12.6. The Bertz CT molecular complexity index is 1120. The molecule has 0 spiro atoms. The van der Waals surface area contributed by atoms with Crippen molar-refractivity contribution in [2.75, 3.05) is 7.11 Å². The van der Waals surface area contributed by atoms with Crippen LogP contribution in [0, 0.1) is 6.92 Å². The molecule has 0 aliphatic heterocycles. The Morgan fingerprint density at radius 3 is 2.27 bits per heavy atom. The van der Waals surface area contributed by atoms with E-state index in [4.69, 9.17) is 4.74 Å². The number of hydrogen-bond donors (Lipinski definition) is 1. The van der Waals surface area contributed by atoms with Gasteiger partial charge in [-0.05, 0) is 54.4 Å². The average molecular weight is 421 g/mol. The van der Waals surface area contributed by atoms with Crippen molar-refractivity contribution in [3.8, 4) is 5.75 Å². The Labute approximate surface area is 177 Å². The van der Waals surface area contributed by atoms with Crippen LogP contribution in [0.4, 0.5) is 0 Å². The molecule has 0 aromatic heterocycles. The summed E-state index contributed by atoms with van der Waals surface area (Å²) in [5, 5.41) is 4.24. The van der Waals surface area contributed by atoms with Crippen LogP contribution in [-0.2, 0) is 10.0 Å². The van der Waals surface area contributed by atoms with Crippen LogP contribution in [0.1, 0.15) is 23.1 Å². The topological polar surface area (TPSA) is 67.8 Å². The molecule has 0 aliphatic carbocycles. The molecule has 0 aliphatic rings. The van der Waals surface area contributed by atoms with Crippen molar-refractivity contribution < 1.29 is 13.2 Å². The Kier molecular flexibility index (Phi) is 7.03. The van der Waals surface area contributed by atoms with Gasteiger partial charge in [0, 0.05) is 6.42 Å². The zero-order valence-corrected chi connectivity index (χ0v) is 17.8. The molecule has 0 saturated heterocycles. The van der Waals surface area contributed by atoms with E-state index in [2.05, 4.69) is 9.93 Å². The van der Waals surface area contributed by atoms with E-state index in [0.29, 0.717) is 12.1 Å². The number of methoxy groups -OCH3 is 1. The van der Waals surface area contributed by atoms with Crippen molar-refractivity contribution in [2.24, 2.45) is 5.10 Å². The van der Waals surface area contributed by atoms with E-state index in [1.165, 1.54) is 0 Å². The molecule has 0 fully saturated rings. The number of hydrogen-bond acceptors (Lipinski definition) is 4. The van der Waals surface area contributed by atoms with Crippen molar-refractivity contribution in [1.29, 1.82) is 0 Å². The molecule has 0 amide bonds. The standard InChI is InChI=1S/C24H24N2O3S/c1-19-11-17-23(18-12-19)30(27,28)26-25-24(21-13-15-22(29-2)16-14-21)10-6-9-20-7-4-3-5-8-20/h3-9,11-18,26H,10H2,1-2H3/b9-6+,25-24-. The Balaban J connectivity index is 1.85. The Hall–Kier alpha value is -3.38. The molecule has 3 aromatic carbocycles. The third-order valence-electron chi connectivity index (χ3n) is 4.48. The quantitative estimate of drug-likeness (QED) is 0.421. The van der Waals surface area contributed by atoms with Gasteiger partial charge in [-0.25, -0.2) is 0 Å². The molecule has 3 aromatic rings. The fourth-order valence-electron chi connectivity index (χ4n) is 2.77. The first-order chi connectivity index (χ1) is 14.5. The fraction of sp³-hybridized carbons (Fsp3) is 0.125. The zero-order chi connectivity index (χ0) is 21.4. The van der Waals surface area contributed by atoms with Crippen molar-refractivity contribution >= 4 is 21.8 Å². The van der Waals surface area contributed by atoms with Crippen LogP contribution in [0.2, 0.25) is 0 Å². The minimum Gasteiger partial charge on any atom is -0.497 e. The van der Waals surface area contributed by atoms with Crippen molar-refractivity contribution in [3.05, 3.63) is 102 Å². The predicted octanol–water partition coefficient (Wildman–Crippen LogP) is 4.79. The lowest BCUT2D eigenvalue weighted by Crippen LogP contribution is -2.20. The second-order valence-electron chi connectivity index (χ2n) is 6.71. The van der Waals surface area contributed by atoms with Crippen LogP contribution in [0.15, 0.2) is 94.9 Å². The number of benzene rings is 3. The highest BCUT2D eigenvalue weighted by atomic mass is 32.2. The van der Waals surface area contributed by atoms with E-state index in [0.717, 1.165) is 22.4 Å². The van der Waals surface area contributed by atoms with E-state index in [1.54, 1.807) is 31.4 Å². The molecule has 5 nitrogen and oxygen atoms in total. The smallest absolute Gasteiger partial charge is 0.276 e. The lowest BCUT2D eigenvalue weighted by atomic mass is 10.1. The minimum absolute atomic E-state index is 0.172. The molecule has 0 heterocycles. The number of aryl methyl sites for hydroxylation is 1. The van der Waals surface area contributed by atoms with Gasteiger partial charge >= 0.3 is 0 Å². The molecule has 0 bridgehead atoms. The van der Waals surface area contributed by atoms with Gasteiger partial charge in [0.15, 0.2) is 0 Å². The van der Waals surface area contributed by atoms with Gasteiger partial charge in [0.25, 0.3) is 10.0 Å². The van der Waals surface area contributed by atoms with Gasteiger partial charge in [-0.2, -0.15) is 18.4 Å². The molecule has 3 rings (SSSR count). The monoisotopic (exact) mass is 420 g/mol. The molecule has 0 radical (unpaired) electrons. The number of nitrogens with one attached hydrogen (secondary N) is 1. The summed E-state index contributed by atoms with van der Waals surface area (Å²) in [4.78, 5) is 2.54. The largest absolute Gasteiger partial charge is 0.497 e. The number of hydrazone groups is 1. The van der Waals surface area contributed by atoms with Crippen LogP contribution < -0.4 is 9.57 Å². The molecule has 154 valence electrons. The number of allylic oxidation sites excluding steroid dienone is 1. The number of nitrogens with zero attached hydrogens (tertiary/aromatic N) is 1. The second-order valence-corrected chi connectivity index (χ2v) is 8.37. The lowest BCUT2D eigenvalue weighted by molar-refractivity contribution is 0.415. The van der Waals surface area contributed by atoms with Crippen LogP contribution >= 0.6 is 0 Å². The Morgan fingerprint density at radius 2 is 1.63 bits per heavy atom. The summed E-state index contributed by atoms with van der Waals surface area (Å²) in [6.45, 7) is 1.91. The van der Waals surface area contributed by atoms with E-state index in [9.17, 15) is 8.42 Å². The SMILES string of the molecule is COc1ccc(/C(C/C=C/c2ccccc2)=N\NS(=O)(=O)c2ccc(C)cc2)cc1. The summed E-state index contributed by atoms with van der Waals surface area (Å²) in [6.07, 6.45) is 4.39. The Morgan fingerprint density at radius 1 is 0.967 bits per heavy atom. The average Bonchev–Trinajstić information content (AvgIpc) is 2.77. The molecular weight excluding hydrogens is 396 g/mol. The van der Waals surface area contributed by atoms with Gasteiger partial charge < -0.3 is 4.74 Å². The third-order valence-corrected chi connectivity index (χ3v) is 5.70. The van der Waals surface area contributed by atoms with Crippen molar-refractivity contribution in [2.45, 2.75) is 18.2 Å². The molecule has 6 heteroatoms. The number of ether oxygens (including phenoxy) is 1.